The highest BCUT2D eigenvalue weighted by molar-refractivity contribution is 6.10. The molecule has 0 spiro atoms. The van der Waals surface area contributed by atoms with Gasteiger partial charge in [-0.25, -0.2) is 0 Å². The normalized spacial score (nSPS) is 10.3. The highest BCUT2D eigenvalue weighted by atomic mass is 16.4. The number of carbonyl (C=O) groups is 5. The van der Waals surface area contributed by atoms with Crippen molar-refractivity contribution in [3.8, 4) is 0 Å². The summed E-state index contributed by atoms with van der Waals surface area (Å²) in [6.45, 7) is 0. The lowest BCUT2D eigenvalue weighted by molar-refractivity contribution is -0.137. The van der Waals surface area contributed by atoms with Crippen LogP contribution >= 0.6 is 0 Å². The van der Waals surface area contributed by atoms with Crippen LogP contribution < -0.4 is 0 Å². The van der Waals surface area contributed by atoms with Gasteiger partial charge < -0.3 is 10.2 Å². The van der Waals surface area contributed by atoms with Crippen molar-refractivity contribution in [3.05, 3.63) is 70.8 Å². The van der Waals surface area contributed by atoms with Crippen LogP contribution in [0.25, 0.3) is 0 Å². The summed E-state index contributed by atoms with van der Waals surface area (Å²) in [4.78, 5) is 57.3. The van der Waals surface area contributed by atoms with Crippen LogP contribution in [0.1, 0.15) is 62.3 Å². The van der Waals surface area contributed by atoms with Crippen LogP contribution in [0.3, 0.4) is 0 Å². The molecule has 0 saturated carbocycles. The van der Waals surface area contributed by atoms with E-state index in [1.165, 1.54) is 48.5 Å². The van der Waals surface area contributed by atoms with Crippen molar-refractivity contribution >= 4 is 29.3 Å². The van der Waals surface area contributed by atoms with Crippen molar-refractivity contribution in [2.24, 2.45) is 0 Å². The highest BCUT2D eigenvalue weighted by Crippen LogP contribution is 2.15. The van der Waals surface area contributed by atoms with Gasteiger partial charge >= 0.3 is 11.9 Å². The number of aliphatic carboxylic acids is 2. The molecule has 7 heteroatoms. The van der Waals surface area contributed by atoms with E-state index in [-0.39, 0.29) is 43.0 Å². The van der Waals surface area contributed by atoms with Crippen molar-refractivity contribution in [2.75, 3.05) is 0 Å². The minimum Gasteiger partial charge on any atom is -0.481 e. The van der Waals surface area contributed by atoms with Gasteiger partial charge in [-0.3, -0.25) is 24.0 Å². The molecule has 2 aromatic carbocycles. The maximum Gasteiger partial charge on any atom is 0.303 e. The molecule has 28 heavy (non-hydrogen) atoms. The molecule has 0 bridgehead atoms. The molecule has 2 aromatic rings. The third kappa shape index (κ3) is 5.70. The average molecular weight is 382 g/mol. The zero-order valence-corrected chi connectivity index (χ0v) is 14.9. The molecule has 0 aliphatic rings. The first-order valence-corrected chi connectivity index (χ1v) is 8.52. The van der Waals surface area contributed by atoms with Gasteiger partial charge in [0.15, 0.2) is 17.3 Å². The van der Waals surface area contributed by atoms with Gasteiger partial charge in [0.1, 0.15) is 0 Å². The largest absolute Gasteiger partial charge is 0.481 e. The van der Waals surface area contributed by atoms with Gasteiger partial charge in [-0.15, -0.1) is 0 Å². The summed E-state index contributed by atoms with van der Waals surface area (Å²) < 4.78 is 0. The SMILES string of the molecule is O=C(O)CCC(=O)c1ccc(C(=O)c2ccc(C(=O)CCC(=O)O)cc2)cc1. The van der Waals surface area contributed by atoms with Crippen LogP contribution in [-0.2, 0) is 9.59 Å². The molecule has 7 nitrogen and oxygen atoms in total. The van der Waals surface area contributed by atoms with Gasteiger partial charge in [-0.05, 0) is 0 Å². The second-order valence-electron chi connectivity index (χ2n) is 6.12. The first kappa shape index (κ1) is 20.7. The summed E-state index contributed by atoms with van der Waals surface area (Å²) in [6.07, 6.45) is -0.728. The smallest absolute Gasteiger partial charge is 0.303 e. The van der Waals surface area contributed by atoms with Crippen molar-refractivity contribution in [3.63, 3.8) is 0 Å². The molecule has 2 N–H and O–H groups in total. The number of hydrogen-bond donors (Lipinski definition) is 2. The molecule has 2 rings (SSSR count). The fourth-order valence-corrected chi connectivity index (χ4v) is 2.51. The number of hydrogen-bond acceptors (Lipinski definition) is 5. The molecular weight excluding hydrogens is 364 g/mol. The van der Waals surface area contributed by atoms with E-state index in [0.717, 1.165) is 0 Å². The summed E-state index contributed by atoms with van der Waals surface area (Å²) in [7, 11) is 0. The topological polar surface area (TPSA) is 126 Å². The van der Waals surface area contributed by atoms with Gasteiger partial charge in [-0.1, -0.05) is 48.5 Å². The number of ketones is 3. The zero-order valence-electron chi connectivity index (χ0n) is 14.9. The molecule has 0 fully saturated rings. The molecule has 0 aliphatic heterocycles. The lowest BCUT2D eigenvalue weighted by Gasteiger charge is -2.05. The maximum absolute atomic E-state index is 12.5. The highest BCUT2D eigenvalue weighted by Gasteiger charge is 2.14. The van der Waals surface area contributed by atoms with Crippen LogP contribution in [0.2, 0.25) is 0 Å². The van der Waals surface area contributed by atoms with Gasteiger partial charge in [-0.2, -0.15) is 0 Å². The van der Waals surface area contributed by atoms with E-state index in [0.29, 0.717) is 22.3 Å². The van der Waals surface area contributed by atoms with Gasteiger partial charge in [0, 0.05) is 35.1 Å². The van der Waals surface area contributed by atoms with Gasteiger partial charge in [0.05, 0.1) is 12.8 Å². The summed E-state index contributed by atoms with van der Waals surface area (Å²) in [5.41, 5.74) is 1.36. The minimum absolute atomic E-state index is 0.111. The number of carboxylic acids is 2. The molecule has 0 heterocycles. The molecule has 0 atom stereocenters. The number of rotatable bonds is 10. The lowest BCUT2D eigenvalue weighted by atomic mass is 9.98. The van der Waals surface area contributed by atoms with Crippen LogP contribution in [0.15, 0.2) is 48.5 Å². The number of carbonyl (C=O) groups excluding carboxylic acids is 3. The van der Waals surface area contributed by atoms with Gasteiger partial charge in [0.25, 0.3) is 0 Å². The summed E-state index contributed by atoms with van der Waals surface area (Å²) in [5, 5.41) is 17.2. The van der Waals surface area contributed by atoms with E-state index >= 15 is 0 Å². The third-order valence-electron chi connectivity index (χ3n) is 4.07. The number of Topliss-reactive ketones (excluding diaryl/α,β-unsaturated/α-hetero) is 2. The minimum atomic E-state index is -1.05. The van der Waals surface area contributed by atoms with Gasteiger partial charge in [0.2, 0.25) is 0 Å². The Hall–Kier alpha value is -3.61. The second-order valence-corrected chi connectivity index (χ2v) is 6.12. The maximum atomic E-state index is 12.5. The van der Waals surface area contributed by atoms with Crippen molar-refractivity contribution < 1.29 is 34.2 Å². The Balaban J connectivity index is 2.05. The average Bonchev–Trinajstić information content (AvgIpc) is 2.69. The Kier molecular flexibility index (Phi) is 6.92. The second kappa shape index (κ2) is 9.36. The van der Waals surface area contributed by atoms with Crippen LogP contribution in [-0.4, -0.2) is 39.5 Å². The predicted octanol–water partition coefficient (Wildman–Crippen LogP) is 3.01. The standard InChI is InChI=1S/C21H18O7/c22-17(9-11-19(24)25)13-1-5-15(6-2-13)21(28)16-7-3-14(4-8-16)18(23)10-12-20(26)27/h1-8H,9-12H2,(H,24,25)(H,26,27). The first-order valence-electron chi connectivity index (χ1n) is 8.52. The Morgan fingerprint density at radius 1 is 0.500 bits per heavy atom. The molecule has 144 valence electrons. The molecular formula is C21H18O7. The fraction of sp³-hybridized carbons (Fsp3) is 0.190. The Bertz CT molecular complexity index is 833. The Morgan fingerprint density at radius 2 is 0.786 bits per heavy atom. The number of carboxylic acid groups (broad SMARTS) is 2. The van der Waals surface area contributed by atoms with Crippen molar-refractivity contribution in [2.45, 2.75) is 25.7 Å². The Morgan fingerprint density at radius 3 is 1.07 bits per heavy atom. The monoisotopic (exact) mass is 382 g/mol. The number of benzene rings is 2. The van der Waals surface area contributed by atoms with E-state index in [1.807, 2.05) is 0 Å². The first-order chi connectivity index (χ1) is 13.3. The molecule has 0 amide bonds. The van der Waals surface area contributed by atoms with E-state index in [9.17, 15) is 24.0 Å². The lowest BCUT2D eigenvalue weighted by Crippen LogP contribution is -2.06. The van der Waals surface area contributed by atoms with E-state index in [4.69, 9.17) is 10.2 Å². The molecule has 0 saturated heterocycles. The zero-order chi connectivity index (χ0) is 20.7. The predicted molar refractivity (Wildman–Crippen MR) is 98.7 cm³/mol. The summed E-state index contributed by atoms with van der Waals surface area (Å²) in [6, 6.07) is 11.8. The summed E-state index contributed by atoms with van der Waals surface area (Å²) >= 11 is 0. The van der Waals surface area contributed by atoms with E-state index in [1.54, 1.807) is 0 Å². The van der Waals surface area contributed by atoms with E-state index < -0.39 is 11.9 Å². The van der Waals surface area contributed by atoms with E-state index in [2.05, 4.69) is 0 Å². The van der Waals surface area contributed by atoms with Crippen LogP contribution in [0.5, 0.6) is 0 Å². The van der Waals surface area contributed by atoms with Crippen molar-refractivity contribution in [1.82, 2.24) is 0 Å². The molecule has 0 aliphatic carbocycles. The van der Waals surface area contributed by atoms with Crippen molar-refractivity contribution in [1.29, 1.82) is 0 Å². The molecule has 0 aromatic heterocycles. The van der Waals surface area contributed by atoms with Crippen LogP contribution in [0, 0.1) is 0 Å². The quantitative estimate of drug-likeness (QED) is 0.605. The fourth-order valence-electron chi connectivity index (χ4n) is 2.51. The Labute approximate surface area is 160 Å². The summed E-state index contributed by atoms with van der Waals surface area (Å²) in [5.74, 6) is -3.03. The third-order valence-corrected chi connectivity index (χ3v) is 4.07. The van der Waals surface area contributed by atoms with Crippen LogP contribution in [0.4, 0.5) is 0 Å². The molecule has 0 unspecified atom stereocenters. The molecule has 0 radical (unpaired) electrons.